The lowest BCUT2D eigenvalue weighted by Gasteiger charge is -2.36. The average molecular weight is 486 g/mol. The Balaban J connectivity index is 1.26. The zero-order chi connectivity index (χ0) is 23.4. The molecule has 0 amide bonds. The van der Waals surface area contributed by atoms with Gasteiger partial charge in [-0.15, -0.1) is 0 Å². The van der Waals surface area contributed by atoms with E-state index in [2.05, 4.69) is 14.9 Å². The third-order valence-electron chi connectivity index (χ3n) is 6.31. The first kappa shape index (κ1) is 22.5. The molecule has 1 saturated carbocycles. The fourth-order valence-electron chi connectivity index (χ4n) is 4.44. The van der Waals surface area contributed by atoms with Crippen LogP contribution in [0.2, 0.25) is 0 Å². The highest BCUT2D eigenvalue weighted by Crippen LogP contribution is 2.39. The first-order valence-corrected chi connectivity index (χ1v) is 12.1. The maximum Gasteiger partial charge on any atom is 0.416 e. The molecule has 0 N–H and O–H groups in total. The Kier molecular flexibility index (Phi) is 5.57. The lowest BCUT2D eigenvalue weighted by molar-refractivity contribution is -0.137. The molecule has 2 atom stereocenters. The van der Waals surface area contributed by atoms with Crippen LogP contribution in [0.5, 0.6) is 5.88 Å². The van der Waals surface area contributed by atoms with E-state index in [-0.39, 0.29) is 31.3 Å². The number of benzene rings is 1. The van der Waals surface area contributed by atoms with Crippen molar-refractivity contribution in [1.82, 2.24) is 19.2 Å². The van der Waals surface area contributed by atoms with Crippen molar-refractivity contribution in [2.24, 2.45) is 0 Å². The van der Waals surface area contributed by atoms with Crippen LogP contribution < -0.4 is 4.74 Å². The Morgan fingerprint density at radius 2 is 1.82 bits per heavy atom. The number of sulfonamides is 1. The van der Waals surface area contributed by atoms with Gasteiger partial charge >= 0.3 is 6.18 Å². The van der Waals surface area contributed by atoms with Crippen LogP contribution in [0.25, 0.3) is 0 Å². The van der Waals surface area contributed by atoms with E-state index in [0.29, 0.717) is 43.4 Å². The van der Waals surface area contributed by atoms with E-state index in [9.17, 15) is 26.0 Å². The van der Waals surface area contributed by atoms with Gasteiger partial charge in [0.1, 0.15) is 11.9 Å². The summed E-state index contributed by atoms with van der Waals surface area (Å²) >= 11 is 0. The number of fused-ring (bicyclic) bond motifs is 1. The van der Waals surface area contributed by atoms with Gasteiger partial charge in [0.2, 0.25) is 15.9 Å². The van der Waals surface area contributed by atoms with Crippen molar-refractivity contribution in [1.29, 1.82) is 0 Å². The summed E-state index contributed by atoms with van der Waals surface area (Å²) in [6, 6.07) is 1.24. The zero-order valence-electron chi connectivity index (χ0n) is 17.5. The fraction of sp³-hybridized carbons (Fsp3) is 0.524. The van der Waals surface area contributed by atoms with Crippen LogP contribution in [0.1, 0.15) is 36.4 Å². The van der Waals surface area contributed by atoms with Crippen molar-refractivity contribution in [3.63, 3.8) is 0 Å². The minimum atomic E-state index is -4.85. The summed E-state index contributed by atoms with van der Waals surface area (Å²) in [6.45, 7) is 1.17. The van der Waals surface area contributed by atoms with Crippen molar-refractivity contribution in [3.8, 4) is 5.88 Å². The molecule has 3 aliphatic rings. The largest absolute Gasteiger partial charge is 0.472 e. The molecule has 178 valence electrons. The molecule has 2 aliphatic heterocycles. The Bertz CT molecular complexity index is 1140. The van der Waals surface area contributed by atoms with E-state index in [0.717, 1.165) is 22.8 Å². The molecule has 1 aliphatic carbocycles. The minimum absolute atomic E-state index is 0.0896. The number of piperazine rings is 1. The molecule has 7 nitrogen and oxygen atoms in total. The lowest BCUT2D eigenvalue weighted by Crippen LogP contribution is -2.51. The third-order valence-corrected chi connectivity index (χ3v) is 8.15. The van der Waals surface area contributed by atoms with E-state index in [1.54, 1.807) is 12.4 Å². The van der Waals surface area contributed by atoms with Gasteiger partial charge < -0.3 is 4.74 Å². The Labute approximate surface area is 188 Å². The van der Waals surface area contributed by atoms with Crippen molar-refractivity contribution in [3.05, 3.63) is 47.7 Å². The van der Waals surface area contributed by atoms with Gasteiger partial charge in [-0.05, 0) is 31.0 Å². The molecule has 2 aromatic rings. The average Bonchev–Trinajstić information content (AvgIpc) is 3.52. The third kappa shape index (κ3) is 4.69. The molecule has 0 spiro atoms. The SMILES string of the molecule is O=S(=O)(c1cc(F)cc(C(F)(F)F)c1)N1CCN2C[C@@H](Oc3cnc(C4CC4)cn3)C[C@H]2C1. The quantitative estimate of drug-likeness (QED) is 0.605. The van der Waals surface area contributed by atoms with Crippen molar-refractivity contribution in [2.75, 3.05) is 26.2 Å². The molecule has 2 saturated heterocycles. The molecule has 0 radical (unpaired) electrons. The molecule has 3 heterocycles. The van der Waals surface area contributed by atoms with Crippen LogP contribution in [-0.4, -0.2) is 65.9 Å². The van der Waals surface area contributed by atoms with Crippen molar-refractivity contribution in [2.45, 2.75) is 48.4 Å². The standard InChI is InChI=1S/C21H22F4N4O3S/c22-15-5-14(21(23,24)25)6-18(7-15)33(30,31)29-4-3-28-12-17(8-16(28)11-29)32-20-10-26-19(9-27-20)13-1-2-13/h5-7,9-10,13,16-17H,1-4,8,11-12H2/t16-,17-/m0/s1. The normalized spacial score (nSPS) is 24.6. The minimum Gasteiger partial charge on any atom is -0.472 e. The highest BCUT2D eigenvalue weighted by Gasteiger charge is 2.42. The summed E-state index contributed by atoms with van der Waals surface area (Å²) in [5, 5.41) is 0. The molecule has 5 rings (SSSR count). The van der Waals surface area contributed by atoms with Gasteiger partial charge in [-0.3, -0.25) is 9.88 Å². The van der Waals surface area contributed by atoms with Gasteiger partial charge in [-0.25, -0.2) is 17.8 Å². The molecule has 0 bridgehead atoms. The lowest BCUT2D eigenvalue weighted by atomic mass is 10.2. The Morgan fingerprint density at radius 3 is 2.48 bits per heavy atom. The molecular formula is C21H22F4N4O3S. The fourth-order valence-corrected chi connectivity index (χ4v) is 5.97. The van der Waals surface area contributed by atoms with Gasteiger partial charge in [-0.1, -0.05) is 0 Å². The smallest absolute Gasteiger partial charge is 0.416 e. The second kappa shape index (κ2) is 8.17. The summed E-state index contributed by atoms with van der Waals surface area (Å²) in [4.78, 5) is 10.1. The van der Waals surface area contributed by atoms with Crippen LogP contribution in [0, 0.1) is 5.82 Å². The predicted octanol–water partition coefficient (Wildman–Crippen LogP) is 3.04. The molecule has 1 aromatic heterocycles. The van der Waals surface area contributed by atoms with Crippen LogP contribution in [0.4, 0.5) is 17.6 Å². The van der Waals surface area contributed by atoms with Gasteiger partial charge in [0, 0.05) is 44.6 Å². The highest BCUT2D eigenvalue weighted by molar-refractivity contribution is 7.89. The first-order valence-electron chi connectivity index (χ1n) is 10.7. The van der Waals surface area contributed by atoms with Gasteiger partial charge in [0.15, 0.2) is 0 Å². The molecule has 3 fully saturated rings. The second-order valence-corrected chi connectivity index (χ2v) is 10.7. The van der Waals surface area contributed by atoms with Gasteiger partial charge in [-0.2, -0.15) is 17.5 Å². The summed E-state index contributed by atoms with van der Waals surface area (Å²) < 4.78 is 85.9. The molecule has 12 heteroatoms. The number of ether oxygens (including phenoxy) is 1. The summed E-state index contributed by atoms with van der Waals surface area (Å²) in [6.07, 6.45) is 1.06. The van der Waals surface area contributed by atoms with E-state index < -0.39 is 32.5 Å². The number of nitrogens with zero attached hydrogens (tertiary/aromatic N) is 4. The van der Waals surface area contributed by atoms with Crippen LogP contribution in [-0.2, 0) is 16.2 Å². The maximum absolute atomic E-state index is 13.8. The highest BCUT2D eigenvalue weighted by atomic mass is 32.2. The predicted molar refractivity (Wildman–Crippen MR) is 109 cm³/mol. The van der Waals surface area contributed by atoms with E-state index in [1.807, 2.05) is 0 Å². The number of rotatable bonds is 5. The molecular weight excluding hydrogens is 464 g/mol. The zero-order valence-corrected chi connectivity index (χ0v) is 18.3. The van der Waals surface area contributed by atoms with E-state index in [1.165, 1.54) is 0 Å². The number of halogens is 4. The number of hydrogen-bond donors (Lipinski definition) is 0. The Morgan fingerprint density at radius 1 is 1.03 bits per heavy atom. The number of aromatic nitrogens is 2. The van der Waals surface area contributed by atoms with Crippen molar-refractivity contribution < 1.29 is 30.7 Å². The van der Waals surface area contributed by atoms with Crippen molar-refractivity contribution >= 4 is 10.0 Å². The van der Waals surface area contributed by atoms with Crippen LogP contribution in [0.15, 0.2) is 35.5 Å². The second-order valence-electron chi connectivity index (χ2n) is 8.71. The molecule has 1 aromatic carbocycles. The van der Waals surface area contributed by atoms with E-state index in [4.69, 9.17) is 4.74 Å². The number of alkyl halides is 3. The monoisotopic (exact) mass is 486 g/mol. The topological polar surface area (TPSA) is 75.6 Å². The number of hydrogen-bond acceptors (Lipinski definition) is 6. The molecule has 0 unspecified atom stereocenters. The Hall–Kier alpha value is -2.31. The summed E-state index contributed by atoms with van der Waals surface area (Å²) in [5.41, 5.74) is -0.374. The molecule has 33 heavy (non-hydrogen) atoms. The van der Waals surface area contributed by atoms with E-state index >= 15 is 0 Å². The van der Waals surface area contributed by atoms with Crippen LogP contribution in [0.3, 0.4) is 0 Å². The first-order chi connectivity index (χ1) is 15.6. The maximum atomic E-state index is 13.8. The van der Waals surface area contributed by atoms with Gasteiger partial charge in [0.25, 0.3) is 0 Å². The summed E-state index contributed by atoms with van der Waals surface area (Å²) in [5.74, 6) is -0.344. The summed E-state index contributed by atoms with van der Waals surface area (Å²) in [7, 11) is -4.29. The van der Waals surface area contributed by atoms with Crippen LogP contribution >= 0.6 is 0 Å². The van der Waals surface area contributed by atoms with Gasteiger partial charge in [0.05, 0.1) is 28.5 Å².